The number of carbonyl (C=O) groups excluding carboxylic acids is 1. The second-order valence-electron chi connectivity index (χ2n) is 9.20. The third kappa shape index (κ3) is 5.45. The van der Waals surface area contributed by atoms with Crippen molar-refractivity contribution in [2.45, 2.75) is 58.6 Å². The van der Waals surface area contributed by atoms with Crippen LogP contribution in [0.15, 0.2) is 65.5 Å². The maximum Gasteiger partial charge on any atom is 0.408 e. The number of anilines is 1. The summed E-state index contributed by atoms with van der Waals surface area (Å²) in [6.45, 7) is 9.62. The summed E-state index contributed by atoms with van der Waals surface area (Å²) in [6.07, 6.45) is 0.969. The van der Waals surface area contributed by atoms with E-state index in [1.807, 2.05) is 89.2 Å². The van der Waals surface area contributed by atoms with E-state index in [-0.39, 0.29) is 11.2 Å². The van der Waals surface area contributed by atoms with Crippen LogP contribution >= 0.6 is 0 Å². The molecular formula is C27H33N3O3. The molecule has 0 spiro atoms. The van der Waals surface area contributed by atoms with Crippen LogP contribution in [0.1, 0.15) is 53.0 Å². The van der Waals surface area contributed by atoms with E-state index in [0.717, 1.165) is 22.3 Å². The van der Waals surface area contributed by atoms with Crippen LogP contribution in [-0.2, 0) is 10.3 Å². The highest BCUT2D eigenvalue weighted by Crippen LogP contribution is 2.34. The topological polar surface area (TPSA) is 97.2 Å². The highest BCUT2D eigenvalue weighted by molar-refractivity contribution is 5.82. The highest BCUT2D eigenvalue weighted by Gasteiger charge is 2.32. The Hall–Kier alpha value is -3.54. The van der Waals surface area contributed by atoms with E-state index < -0.39 is 17.2 Å². The predicted octanol–water partition coefficient (Wildman–Crippen LogP) is 5.83. The van der Waals surface area contributed by atoms with E-state index in [0.29, 0.717) is 18.5 Å². The molecule has 2 aromatic carbocycles. The number of nitrogens with one attached hydrogen (secondary N) is 2. The lowest BCUT2D eigenvalue weighted by molar-refractivity contribution is 0.0443. The molecule has 0 aliphatic rings. The van der Waals surface area contributed by atoms with Crippen LogP contribution in [0.2, 0.25) is 0 Å². The number of alkyl carbamates (subject to hydrolysis) is 1. The van der Waals surface area contributed by atoms with Gasteiger partial charge in [-0.2, -0.15) is 0 Å². The summed E-state index contributed by atoms with van der Waals surface area (Å²) >= 11 is 0. The van der Waals surface area contributed by atoms with Crippen LogP contribution in [0.25, 0.3) is 22.4 Å². The van der Waals surface area contributed by atoms with E-state index in [9.17, 15) is 9.59 Å². The SMILES string of the molecule is CCC(CC)(NC(=O)OC(C)(C)C)c1ccc(-c2[nH]c(=O)c(N)cc2-c2ccccc2)cc1. The Kier molecular flexibility index (Phi) is 6.96. The fraction of sp³-hybridized carbons (Fsp3) is 0.333. The molecule has 4 N–H and O–H groups in total. The van der Waals surface area contributed by atoms with Gasteiger partial charge in [-0.15, -0.1) is 0 Å². The molecule has 0 bridgehead atoms. The van der Waals surface area contributed by atoms with Crippen molar-refractivity contribution in [3.63, 3.8) is 0 Å². The van der Waals surface area contributed by atoms with Crippen molar-refractivity contribution in [2.24, 2.45) is 0 Å². The second-order valence-corrected chi connectivity index (χ2v) is 9.20. The zero-order valence-corrected chi connectivity index (χ0v) is 20.0. The molecule has 6 heteroatoms. The number of ether oxygens (including phenoxy) is 1. The molecule has 1 heterocycles. The molecule has 0 aliphatic heterocycles. The van der Waals surface area contributed by atoms with E-state index in [1.54, 1.807) is 6.07 Å². The second kappa shape index (κ2) is 9.53. The standard InChI is InChI=1S/C27H33N3O3/c1-6-27(7-2,30-25(32)33-26(3,4)5)20-15-13-19(14-16-20)23-21(17-22(28)24(31)29-23)18-11-9-8-10-12-18/h8-17H,6-7,28H2,1-5H3,(H,29,31)(H,30,32). The van der Waals surface area contributed by atoms with Crippen molar-refractivity contribution >= 4 is 11.8 Å². The van der Waals surface area contributed by atoms with Crippen LogP contribution in [0.3, 0.4) is 0 Å². The van der Waals surface area contributed by atoms with E-state index in [1.165, 1.54) is 0 Å². The summed E-state index contributed by atoms with van der Waals surface area (Å²) in [5, 5.41) is 3.08. The van der Waals surface area contributed by atoms with Gasteiger partial charge in [-0.05, 0) is 56.4 Å². The Labute approximate surface area is 195 Å². The zero-order chi connectivity index (χ0) is 24.2. The number of H-pyrrole nitrogens is 1. The van der Waals surface area contributed by atoms with Gasteiger partial charge >= 0.3 is 6.09 Å². The van der Waals surface area contributed by atoms with Crippen molar-refractivity contribution < 1.29 is 9.53 Å². The molecule has 0 fully saturated rings. The Bertz CT molecular complexity index is 1160. The summed E-state index contributed by atoms with van der Waals surface area (Å²) in [5.41, 5.74) is 8.98. The van der Waals surface area contributed by atoms with Crippen molar-refractivity contribution in [3.8, 4) is 22.4 Å². The molecule has 1 aromatic heterocycles. The third-order valence-electron chi connectivity index (χ3n) is 5.83. The van der Waals surface area contributed by atoms with Crippen LogP contribution in [-0.4, -0.2) is 16.7 Å². The number of carbonyl (C=O) groups is 1. The average Bonchev–Trinajstić information content (AvgIpc) is 2.78. The molecule has 0 unspecified atom stereocenters. The zero-order valence-electron chi connectivity index (χ0n) is 20.0. The number of nitrogen functional groups attached to an aromatic ring is 1. The number of pyridine rings is 1. The molecule has 1 amide bonds. The van der Waals surface area contributed by atoms with Gasteiger partial charge in [0, 0.05) is 5.56 Å². The van der Waals surface area contributed by atoms with Crippen molar-refractivity contribution in [2.75, 3.05) is 5.73 Å². The minimum atomic E-state index is -0.573. The Morgan fingerprint density at radius 2 is 1.58 bits per heavy atom. The van der Waals surface area contributed by atoms with Crippen molar-refractivity contribution in [1.82, 2.24) is 10.3 Å². The number of nitrogens with two attached hydrogens (primary N) is 1. The van der Waals surface area contributed by atoms with E-state index in [2.05, 4.69) is 10.3 Å². The Morgan fingerprint density at radius 3 is 2.12 bits per heavy atom. The predicted molar refractivity (Wildman–Crippen MR) is 134 cm³/mol. The fourth-order valence-corrected chi connectivity index (χ4v) is 3.98. The first-order valence-electron chi connectivity index (χ1n) is 11.3. The quantitative estimate of drug-likeness (QED) is 0.443. The molecule has 3 rings (SSSR count). The van der Waals surface area contributed by atoms with Gasteiger partial charge in [0.15, 0.2) is 0 Å². The van der Waals surface area contributed by atoms with Gasteiger partial charge in [-0.1, -0.05) is 68.4 Å². The number of aromatic amines is 1. The molecular weight excluding hydrogens is 414 g/mol. The maximum absolute atomic E-state index is 12.5. The minimum absolute atomic E-state index is 0.173. The molecule has 174 valence electrons. The number of rotatable bonds is 6. The lowest BCUT2D eigenvalue weighted by atomic mass is 9.84. The summed E-state index contributed by atoms with van der Waals surface area (Å²) in [5.74, 6) is 0. The number of amides is 1. The summed E-state index contributed by atoms with van der Waals surface area (Å²) in [7, 11) is 0. The van der Waals surface area contributed by atoms with Gasteiger partial charge in [0.05, 0.1) is 16.9 Å². The summed E-state index contributed by atoms with van der Waals surface area (Å²) in [4.78, 5) is 27.8. The van der Waals surface area contributed by atoms with Gasteiger partial charge in [0.25, 0.3) is 5.56 Å². The summed E-state index contributed by atoms with van der Waals surface area (Å²) in [6, 6.07) is 19.4. The molecule has 0 radical (unpaired) electrons. The van der Waals surface area contributed by atoms with Gasteiger partial charge in [-0.25, -0.2) is 4.79 Å². The first kappa shape index (κ1) is 24.1. The number of aromatic nitrogens is 1. The van der Waals surface area contributed by atoms with Crippen molar-refractivity contribution in [3.05, 3.63) is 76.6 Å². The minimum Gasteiger partial charge on any atom is -0.444 e. The third-order valence-corrected chi connectivity index (χ3v) is 5.83. The monoisotopic (exact) mass is 447 g/mol. The molecule has 0 aliphatic carbocycles. The highest BCUT2D eigenvalue weighted by atomic mass is 16.6. The van der Waals surface area contributed by atoms with Gasteiger partial charge in [0.1, 0.15) is 5.60 Å². The number of benzene rings is 2. The van der Waals surface area contributed by atoms with Crippen LogP contribution < -0.4 is 16.6 Å². The summed E-state index contributed by atoms with van der Waals surface area (Å²) < 4.78 is 5.50. The van der Waals surface area contributed by atoms with Crippen LogP contribution in [0.5, 0.6) is 0 Å². The van der Waals surface area contributed by atoms with Gasteiger partial charge in [0.2, 0.25) is 0 Å². The largest absolute Gasteiger partial charge is 0.444 e. The molecule has 6 nitrogen and oxygen atoms in total. The first-order chi connectivity index (χ1) is 15.6. The molecule has 0 saturated carbocycles. The van der Waals surface area contributed by atoms with Gasteiger partial charge < -0.3 is 20.8 Å². The fourth-order valence-electron chi connectivity index (χ4n) is 3.98. The molecule has 0 atom stereocenters. The number of hydrogen-bond acceptors (Lipinski definition) is 4. The van der Waals surface area contributed by atoms with Gasteiger partial charge in [-0.3, -0.25) is 4.79 Å². The van der Waals surface area contributed by atoms with E-state index >= 15 is 0 Å². The maximum atomic E-state index is 12.5. The lowest BCUT2D eigenvalue weighted by Crippen LogP contribution is -2.47. The van der Waals surface area contributed by atoms with Crippen LogP contribution in [0, 0.1) is 0 Å². The molecule has 0 saturated heterocycles. The molecule has 33 heavy (non-hydrogen) atoms. The number of hydrogen-bond donors (Lipinski definition) is 3. The lowest BCUT2D eigenvalue weighted by Gasteiger charge is -2.34. The smallest absolute Gasteiger partial charge is 0.408 e. The first-order valence-corrected chi connectivity index (χ1v) is 11.3. The van der Waals surface area contributed by atoms with Crippen molar-refractivity contribution in [1.29, 1.82) is 0 Å². The normalized spacial score (nSPS) is 11.8. The average molecular weight is 448 g/mol. The Morgan fingerprint density at radius 1 is 0.970 bits per heavy atom. The van der Waals surface area contributed by atoms with E-state index in [4.69, 9.17) is 10.5 Å². The Balaban J connectivity index is 2.01. The molecule has 3 aromatic rings. The van der Waals surface area contributed by atoms with Crippen LogP contribution in [0.4, 0.5) is 10.5 Å².